The summed E-state index contributed by atoms with van der Waals surface area (Å²) < 4.78 is 5.77. The highest BCUT2D eigenvalue weighted by Crippen LogP contribution is 2.16. The fraction of sp³-hybridized carbons (Fsp3) is 0.391. The maximum atomic E-state index is 12.8. The van der Waals surface area contributed by atoms with Gasteiger partial charge in [-0.15, -0.1) is 0 Å². The number of benzene rings is 2. The Balaban J connectivity index is 1.83. The van der Waals surface area contributed by atoms with Crippen LogP contribution in [-0.2, 0) is 11.3 Å². The lowest BCUT2D eigenvalue weighted by Crippen LogP contribution is -2.53. The van der Waals surface area contributed by atoms with E-state index in [-0.39, 0.29) is 17.9 Å². The quantitative estimate of drug-likeness (QED) is 0.682. The Morgan fingerprint density at radius 2 is 1.69 bits per heavy atom. The van der Waals surface area contributed by atoms with Crippen LogP contribution in [0.2, 0.25) is 0 Å². The van der Waals surface area contributed by atoms with E-state index >= 15 is 0 Å². The van der Waals surface area contributed by atoms with Crippen LogP contribution in [0.3, 0.4) is 0 Å². The second kappa shape index (κ2) is 11.1. The molecule has 0 radical (unpaired) electrons. The summed E-state index contributed by atoms with van der Waals surface area (Å²) in [6, 6.07) is 16.5. The van der Waals surface area contributed by atoms with Crippen LogP contribution in [0.4, 0.5) is 4.79 Å². The first-order valence-electron chi connectivity index (χ1n) is 9.90. The lowest BCUT2D eigenvalue weighted by molar-refractivity contribution is -0.133. The Labute approximate surface area is 173 Å². The van der Waals surface area contributed by atoms with Crippen LogP contribution < -0.4 is 15.4 Å². The summed E-state index contributed by atoms with van der Waals surface area (Å²) in [7, 11) is 1.72. The number of para-hydroxylation sites is 1. The number of likely N-dealkylation sites (N-methyl/N-ethyl adjacent to an activating group) is 1. The molecule has 29 heavy (non-hydrogen) atoms. The van der Waals surface area contributed by atoms with Crippen molar-refractivity contribution in [2.24, 2.45) is 5.92 Å². The number of nitrogens with zero attached hydrogens (tertiary/aromatic N) is 1. The predicted octanol–water partition coefficient (Wildman–Crippen LogP) is 3.36. The molecule has 0 saturated heterocycles. The molecule has 6 heteroatoms. The van der Waals surface area contributed by atoms with Crippen molar-refractivity contribution in [1.29, 1.82) is 0 Å². The van der Waals surface area contributed by atoms with Crippen LogP contribution in [0.5, 0.6) is 5.75 Å². The molecule has 0 heterocycles. The van der Waals surface area contributed by atoms with Gasteiger partial charge in [0.1, 0.15) is 18.4 Å². The lowest BCUT2D eigenvalue weighted by atomic mass is 10.0. The van der Waals surface area contributed by atoms with Gasteiger partial charge in [0.2, 0.25) is 5.91 Å². The van der Waals surface area contributed by atoms with Gasteiger partial charge < -0.3 is 20.3 Å². The first-order chi connectivity index (χ1) is 13.9. The van der Waals surface area contributed by atoms with Crippen molar-refractivity contribution in [3.05, 3.63) is 65.7 Å². The van der Waals surface area contributed by atoms with Gasteiger partial charge in [-0.1, -0.05) is 62.4 Å². The van der Waals surface area contributed by atoms with E-state index < -0.39 is 6.04 Å². The summed E-state index contributed by atoms with van der Waals surface area (Å²) in [6.45, 7) is 7.04. The Kier molecular flexibility index (Phi) is 8.52. The molecule has 156 valence electrons. The molecule has 3 amide bonds. The molecule has 2 rings (SSSR count). The summed E-state index contributed by atoms with van der Waals surface area (Å²) in [6.07, 6.45) is 0. The maximum absolute atomic E-state index is 12.8. The number of carbonyl (C=O) groups is 2. The fourth-order valence-electron chi connectivity index (χ4n) is 2.84. The number of amides is 3. The average Bonchev–Trinajstić information content (AvgIpc) is 2.71. The van der Waals surface area contributed by atoms with Crippen LogP contribution in [0.1, 0.15) is 25.0 Å². The zero-order valence-corrected chi connectivity index (χ0v) is 17.6. The van der Waals surface area contributed by atoms with Gasteiger partial charge in [-0.05, 0) is 30.0 Å². The van der Waals surface area contributed by atoms with Crippen molar-refractivity contribution in [2.45, 2.75) is 33.4 Å². The molecule has 2 aromatic rings. The first kappa shape index (κ1) is 22.3. The van der Waals surface area contributed by atoms with Gasteiger partial charge in [-0.3, -0.25) is 4.79 Å². The third kappa shape index (κ3) is 7.14. The molecule has 0 aliphatic rings. The van der Waals surface area contributed by atoms with E-state index in [1.54, 1.807) is 11.9 Å². The smallest absolute Gasteiger partial charge is 0.315 e. The normalized spacial score (nSPS) is 11.6. The van der Waals surface area contributed by atoms with Crippen molar-refractivity contribution >= 4 is 11.9 Å². The second-order valence-corrected chi connectivity index (χ2v) is 7.41. The van der Waals surface area contributed by atoms with Crippen LogP contribution in [-0.4, -0.2) is 43.1 Å². The van der Waals surface area contributed by atoms with Gasteiger partial charge in [-0.25, -0.2) is 4.79 Å². The number of hydrogen-bond donors (Lipinski definition) is 2. The van der Waals surface area contributed by atoms with Gasteiger partial charge in [0.15, 0.2) is 0 Å². The molecule has 0 aliphatic heterocycles. The minimum absolute atomic E-state index is 0.0373. The first-order valence-corrected chi connectivity index (χ1v) is 9.90. The summed E-state index contributed by atoms with van der Waals surface area (Å²) in [4.78, 5) is 26.7. The number of carbonyl (C=O) groups excluding carboxylic acids is 2. The minimum atomic E-state index is -0.603. The molecule has 0 saturated carbocycles. The average molecular weight is 398 g/mol. The molecule has 1 unspecified atom stereocenters. The predicted molar refractivity (Wildman–Crippen MR) is 115 cm³/mol. The van der Waals surface area contributed by atoms with E-state index in [9.17, 15) is 9.59 Å². The largest absolute Gasteiger partial charge is 0.491 e. The molecule has 2 aromatic carbocycles. The highest BCUT2D eigenvalue weighted by atomic mass is 16.5. The van der Waals surface area contributed by atoms with Gasteiger partial charge in [0.25, 0.3) is 0 Å². The second-order valence-electron chi connectivity index (χ2n) is 7.41. The van der Waals surface area contributed by atoms with Crippen molar-refractivity contribution < 1.29 is 14.3 Å². The topological polar surface area (TPSA) is 70.7 Å². The van der Waals surface area contributed by atoms with Crippen LogP contribution >= 0.6 is 0 Å². The van der Waals surface area contributed by atoms with Crippen molar-refractivity contribution in [1.82, 2.24) is 15.5 Å². The molecular formula is C23H31N3O3. The van der Waals surface area contributed by atoms with Gasteiger partial charge in [-0.2, -0.15) is 0 Å². The molecule has 0 spiro atoms. The highest BCUT2D eigenvalue weighted by molar-refractivity contribution is 5.87. The van der Waals surface area contributed by atoms with Crippen molar-refractivity contribution in [2.75, 3.05) is 20.2 Å². The molecule has 2 N–H and O–H groups in total. The maximum Gasteiger partial charge on any atom is 0.315 e. The summed E-state index contributed by atoms with van der Waals surface area (Å²) >= 11 is 0. The number of urea groups is 1. The number of rotatable bonds is 9. The number of ether oxygens (including phenoxy) is 1. The highest BCUT2D eigenvalue weighted by Gasteiger charge is 2.26. The Morgan fingerprint density at radius 3 is 2.34 bits per heavy atom. The third-order valence-electron chi connectivity index (χ3n) is 4.67. The van der Waals surface area contributed by atoms with E-state index in [1.807, 2.05) is 75.4 Å². The monoisotopic (exact) mass is 397 g/mol. The molecule has 0 aromatic heterocycles. The molecule has 0 aliphatic carbocycles. The molecule has 6 nitrogen and oxygen atoms in total. The SMILES string of the molecule is Cc1ccccc1OCCN(C)C(=O)C(NC(=O)NCc1ccccc1)C(C)C. The van der Waals surface area contributed by atoms with E-state index in [2.05, 4.69) is 10.6 Å². The minimum Gasteiger partial charge on any atom is -0.491 e. The number of aryl methyl sites for hydroxylation is 1. The molecular weight excluding hydrogens is 366 g/mol. The Morgan fingerprint density at radius 1 is 1.03 bits per heavy atom. The standard InChI is InChI=1S/C23H31N3O3/c1-17(2)21(25-23(28)24-16-19-11-6-5-7-12-19)22(27)26(4)14-15-29-20-13-9-8-10-18(20)3/h5-13,17,21H,14-16H2,1-4H3,(H2,24,25,28). The van der Waals surface area contributed by atoms with E-state index in [4.69, 9.17) is 4.74 Å². The van der Waals surface area contributed by atoms with Crippen molar-refractivity contribution in [3.8, 4) is 5.75 Å². The third-order valence-corrected chi connectivity index (χ3v) is 4.67. The molecule has 0 fully saturated rings. The van der Waals surface area contributed by atoms with E-state index in [1.165, 1.54) is 0 Å². The summed E-state index contributed by atoms with van der Waals surface area (Å²) in [5.74, 6) is 0.639. The fourth-order valence-corrected chi connectivity index (χ4v) is 2.84. The lowest BCUT2D eigenvalue weighted by Gasteiger charge is -2.27. The van der Waals surface area contributed by atoms with Crippen LogP contribution in [0.15, 0.2) is 54.6 Å². The van der Waals surface area contributed by atoms with Crippen LogP contribution in [0, 0.1) is 12.8 Å². The van der Waals surface area contributed by atoms with E-state index in [0.29, 0.717) is 19.7 Å². The van der Waals surface area contributed by atoms with Gasteiger partial charge in [0.05, 0.1) is 6.54 Å². The number of hydrogen-bond acceptors (Lipinski definition) is 3. The zero-order valence-electron chi connectivity index (χ0n) is 17.6. The number of nitrogens with one attached hydrogen (secondary N) is 2. The summed E-state index contributed by atoms with van der Waals surface area (Å²) in [5.41, 5.74) is 2.05. The van der Waals surface area contributed by atoms with Crippen LogP contribution in [0.25, 0.3) is 0 Å². The Hall–Kier alpha value is -3.02. The summed E-state index contributed by atoms with van der Waals surface area (Å²) in [5, 5.41) is 5.61. The van der Waals surface area contributed by atoms with Gasteiger partial charge >= 0.3 is 6.03 Å². The van der Waals surface area contributed by atoms with Crippen molar-refractivity contribution in [3.63, 3.8) is 0 Å². The Bertz CT molecular complexity index is 793. The van der Waals surface area contributed by atoms with Gasteiger partial charge in [0, 0.05) is 13.6 Å². The molecule has 0 bridgehead atoms. The zero-order chi connectivity index (χ0) is 21.2. The van der Waals surface area contributed by atoms with E-state index in [0.717, 1.165) is 16.9 Å². The molecule has 1 atom stereocenters.